The van der Waals surface area contributed by atoms with Crippen LogP contribution in [0.2, 0.25) is 5.02 Å². The minimum absolute atomic E-state index is 0.0136. The Labute approximate surface area is 245 Å². The molecule has 2 fully saturated rings. The average Bonchev–Trinajstić information content (AvgIpc) is 3.47. The van der Waals surface area contributed by atoms with Crippen LogP contribution in [0.25, 0.3) is 5.69 Å². The van der Waals surface area contributed by atoms with Crippen LogP contribution in [0.5, 0.6) is 5.75 Å². The van der Waals surface area contributed by atoms with E-state index in [0.29, 0.717) is 29.5 Å². The molecule has 11 nitrogen and oxygen atoms in total. The molecule has 1 saturated heterocycles. The largest absolute Gasteiger partial charge is 0.483 e. The first-order valence-electron chi connectivity index (χ1n) is 13.3. The molecular formula is C27H32ClN5O6S2. The summed E-state index contributed by atoms with van der Waals surface area (Å²) < 4.78 is 61.4. The number of hydrogen-bond acceptors (Lipinski definition) is 8. The zero-order valence-electron chi connectivity index (χ0n) is 22.8. The van der Waals surface area contributed by atoms with Gasteiger partial charge in [0.2, 0.25) is 25.8 Å². The van der Waals surface area contributed by atoms with Gasteiger partial charge in [-0.1, -0.05) is 17.7 Å². The summed E-state index contributed by atoms with van der Waals surface area (Å²) in [6, 6.07) is 12.1. The number of halogens is 1. The molecule has 14 heteroatoms. The lowest BCUT2D eigenvalue weighted by molar-refractivity contribution is 0.205. The van der Waals surface area contributed by atoms with Crippen LogP contribution in [0.1, 0.15) is 25.7 Å². The molecule has 0 unspecified atom stereocenters. The summed E-state index contributed by atoms with van der Waals surface area (Å²) in [7, 11) is -4.71. The second-order valence-electron chi connectivity index (χ2n) is 10.2. The number of piperazine rings is 1. The van der Waals surface area contributed by atoms with E-state index in [4.69, 9.17) is 16.3 Å². The second-order valence-corrected chi connectivity index (χ2v) is 14.8. The van der Waals surface area contributed by atoms with Crippen molar-refractivity contribution in [3.63, 3.8) is 0 Å². The predicted molar refractivity (Wildman–Crippen MR) is 156 cm³/mol. The third-order valence-corrected chi connectivity index (χ3v) is 11.4. The van der Waals surface area contributed by atoms with E-state index in [1.165, 1.54) is 47.3 Å². The smallest absolute Gasteiger partial charge is 0.316 e. The molecule has 0 bridgehead atoms. The molecule has 0 N–H and O–H groups in total. The molecule has 1 aliphatic heterocycles. The van der Waals surface area contributed by atoms with Crippen LogP contribution in [0.15, 0.2) is 69.3 Å². The van der Waals surface area contributed by atoms with E-state index in [1.807, 2.05) is 4.90 Å². The molecule has 2 aromatic carbocycles. The SMILES string of the molecule is CN(C)S(=O)(=O)c1ccc(S(=O)(=O)N2CCN(c3cnn(-c4cccc(Cl)c4)c(=O)c3OC3CCCC3)CC2)cc1. The number of aromatic nitrogens is 2. The maximum Gasteiger partial charge on any atom is 0.316 e. The number of sulfonamides is 2. The zero-order valence-corrected chi connectivity index (χ0v) is 25.2. The topological polar surface area (TPSA) is 122 Å². The molecule has 1 aromatic heterocycles. The molecule has 0 radical (unpaired) electrons. The van der Waals surface area contributed by atoms with Gasteiger partial charge >= 0.3 is 5.56 Å². The summed E-state index contributed by atoms with van der Waals surface area (Å²) in [5.74, 6) is 0.195. The van der Waals surface area contributed by atoms with Crippen LogP contribution >= 0.6 is 11.6 Å². The Morgan fingerprint density at radius 2 is 1.56 bits per heavy atom. The Morgan fingerprint density at radius 3 is 2.17 bits per heavy atom. The van der Waals surface area contributed by atoms with Crippen molar-refractivity contribution in [2.24, 2.45) is 0 Å². The highest BCUT2D eigenvalue weighted by Gasteiger charge is 2.32. The number of hydrogen-bond donors (Lipinski definition) is 0. The van der Waals surface area contributed by atoms with E-state index in [-0.39, 0.29) is 34.7 Å². The van der Waals surface area contributed by atoms with Gasteiger partial charge in [0.15, 0.2) is 0 Å². The van der Waals surface area contributed by atoms with Crippen LogP contribution in [0, 0.1) is 0 Å². The van der Waals surface area contributed by atoms with Crippen LogP contribution in [0.4, 0.5) is 5.69 Å². The Morgan fingerprint density at radius 1 is 0.927 bits per heavy atom. The highest BCUT2D eigenvalue weighted by atomic mass is 35.5. The number of benzene rings is 2. The van der Waals surface area contributed by atoms with Gasteiger partial charge in [-0.25, -0.2) is 21.1 Å². The van der Waals surface area contributed by atoms with E-state index >= 15 is 0 Å². The Hall–Kier alpha value is -2.97. The average molecular weight is 622 g/mol. The number of anilines is 1. The van der Waals surface area contributed by atoms with E-state index in [2.05, 4.69) is 5.10 Å². The normalized spacial score (nSPS) is 17.3. The van der Waals surface area contributed by atoms with Crippen molar-refractivity contribution in [3.05, 3.63) is 70.1 Å². The van der Waals surface area contributed by atoms with Gasteiger partial charge in [-0.3, -0.25) is 4.79 Å². The van der Waals surface area contributed by atoms with Crippen molar-refractivity contribution in [3.8, 4) is 11.4 Å². The Balaban J connectivity index is 1.38. The van der Waals surface area contributed by atoms with Crippen LogP contribution in [-0.4, -0.2) is 81.6 Å². The van der Waals surface area contributed by atoms with Crippen LogP contribution in [0.3, 0.4) is 0 Å². The molecule has 2 heterocycles. The number of nitrogens with zero attached hydrogens (tertiary/aromatic N) is 5. The molecular weight excluding hydrogens is 590 g/mol. The monoisotopic (exact) mass is 621 g/mol. The van der Waals surface area contributed by atoms with Crippen molar-refractivity contribution in [1.29, 1.82) is 0 Å². The standard InChI is InChI=1S/C27H32ClN5O6S2/c1-30(2)40(35,36)23-10-12-24(13-11-23)41(37,38)32-16-14-31(15-17-32)25-19-29-33(21-7-5-6-20(28)18-21)27(34)26(25)39-22-8-3-4-9-22/h5-7,10-13,18-19,22H,3-4,8-9,14-17H2,1-2H3. The molecule has 5 rings (SSSR count). The fourth-order valence-electron chi connectivity index (χ4n) is 5.04. The van der Waals surface area contributed by atoms with Crippen molar-refractivity contribution in [2.75, 3.05) is 45.2 Å². The first-order valence-corrected chi connectivity index (χ1v) is 16.6. The fourth-order valence-corrected chi connectivity index (χ4v) is 7.55. The number of rotatable bonds is 8. The zero-order chi connectivity index (χ0) is 29.4. The summed E-state index contributed by atoms with van der Waals surface area (Å²) in [6.45, 7) is 0.964. The van der Waals surface area contributed by atoms with E-state index in [0.717, 1.165) is 30.0 Å². The van der Waals surface area contributed by atoms with Gasteiger partial charge in [0.1, 0.15) is 5.69 Å². The highest BCUT2D eigenvalue weighted by molar-refractivity contribution is 7.89. The van der Waals surface area contributed by atoms with Gasteiger partial charge in [-0.15, -0.1) is 0 Å². The predicted octanol–water partition coefficient (Wildman–Crippen LogP) is 2.97. The quantitative estimate of drug-likeness (QED) is 0.376. The summed E-state index contributed by atoms with van der Waals surface area (Å²) in [4.78, 5) is 15.6. The van der Waals surface area contributed by atoms with Gasteiger partial charge in [-0.05, 0) is 68.1 Å². The molecule has 1 aliphatic carbocycles. The summed E-state index contributed by atoms with van der Waals surface area (Å²) in [6.07, 6.45) is 5.30. The molecule has 2 aliphatic rings. The second kappa shape index (κ2) is 11.7. The van der Waals surface area contributed by atoms with E-state index in [9.17, 15) is 21.6 Å². The minimum atomic E-state index is -3.86. The summed E-state index contributed by atoms with van der Waals surface area (Å²) in [5.41, 5.74) is 0.639. The Bertz CT molecular complexity index is 1680. The fraction of sp³-hybridized carbons (Fsp3) is 0.407. The maximum atomic E-state index is 13.6. The third-order valence-electron chi connectivity index (χ3n) is 7.37. The maximum absolute atomic E-state index is 13.6. The number of ether oxygens (including phenoxy) is 1. The lowest BCUT2D eigenvalue weighted by Crippen LogP contribution is -2.49. The molecule has 41 heavy (non-hydrogen) atoms. The first-order chi connectivity index (χ1) is 19.5. The van der Waals surface area contributed by atoms with Crippen molar-refractivity contribution >= 4 is 37.3 Å². The Kier molecular flexibility index (Phi) is 8.44. The lowest BCUT2D eigenvalue weighted by atomic mass is 10.2. The van der Waals surface area contributed by atoms with Gasteiger partial charge in [0, 0.05) is 45.3 Å². The molecule has 3 aromatic rings. The van der Waals surface area contributed by atoms with Crippen molar-refractivity contribution in [1.82, 2.24) is 18.4 Å². The molecule has 1 saturated carbocycles. The lowest BCUT2D eigenvalue weighted by Gasteiger charge is -2.36. The third kappa shape index (κ3) is 6.00. The van der Waals surface area contributed by atoms with Crippen LogP contribution in [-0.2, 0) is 20.0 Å². The molecule has 0 spiro atoms. The minimum Gasteiger partial charge on any atom is -0.483 e. The molecule has 220 valence electrons. The van der Waals surface area contributed by atoms with E-state index in [1.54, 1.807) is 30.5 Å². The van der Waals surface area contributed by atoms with Crippen LogP contribution < -0.4 is 15.2 Å². The highest BCUT2D eigenvalue weighted by Crippen LogP contribution is 2.31. The van der Waals surface area contributed by atoms with Gasteiger partial charge in [0.25, 0.3) is 0 Å². The van der Waals surface area contributed by atoms with Gasteiger partial charge in [-0.2, -0.15) is 14.1 Å². The molecule has 0 atom stereocenters. The van der Waals surface area contributed by atoms with Gasteiger partial charge in [0.05, 0.1) is 27.8 Å². The summed E-state index contributed by atoms with van der Waals surface area (Å²) >= 11 is 6.15. The summed E-state index contributed by atoms with van der Waals surface area (Å²) in [5, 5.41) is 4.87. The van der Waals surface area contributed by atoms with E-state index < -0.39 is 25.6 Å². The van der Waals surface area contributed by atoms with Crippen molar-refractivity contribution < 1.29 is 21.6 Å². The first kappa shape index (κ1) is 29.5. The van der Waals surface area contributed by atoms with Crippen molar-refractivity contribution in [2.45, 2.75) is 41.6 Å². The van der Waals surface area contributed by atoms with Gasteiger partial charge < -0.3 is 9.64 Å². The molecule has 0 amide bonds.